The number of halogens is 1. The fourth-order valence-electron chi connectivity index (χ4n) is 1.62. The van der Waals surface area contributed by atoms with Crippen molar-refractivity contribution < 1.29 is 5.11 Å². The lowest BCUT2D eigenvalue weighted by Crippen LogP contribution is -2.29. The summed E-state index contributed by atoms with van der Waals surface area (Å²) in [6.45, 7) is 1.58. The monoisotopic (exact) mass is 225 g/mol. The van der Waals surface area contributed by atoms with E-state index in [0.29, 0.717) is 10.7 Å². The Bertz CT molecular complexity index is 381. The molecule has 0 saturated carbocycles. The van der Waals surface area contributed by atoms with Crippen molar-refractivity contribution in [1.82, 2.24) is 9.97 Å². The minimum absolute atomic E-state index is 0.130. The Morgan fingerprint density at radius 2 is 2.27 bits per heavy atom. The highest BCUT2D eigenvalue weighted by Crippen LogP contribution is 2.24. The maximum atomic E-state index is 9.22. The van der Waals surface area contributed by atoms with E-state index < -0.39 is 0 Å². The van der Waals surface area contributed by atoms with Crippen LogP contribution in [-0.4, -0.2) is 28.2 Å². The van der Waals surface area contributed by atoms with E-state index in [9.17, 15) is 5.11 Å². The molecule has 1 aromatic heterocycles. The third kappa shape index (κ3) is 2.11. The van der Waals surface area contributed by atoms with Crippen LogP contribution in [0.25, 0.3) is 0 Å². The lowest BCUT2D eigenvalue weighted by atomic mass is 10.2. The van der Waals surface area contributed by atoms with Gasteiger partial charge in [-0.15, -0.1) is 0 Å². The van der Waals surface area contributed by atoms with Gasteiger partial charge in [-0.1, -0.05) is 23.8 Å². The molecule has 0 unspecified atom stereocenters. The zero-order valence-corrected chi connectivity index (χ0v) is 8.98. The molecule has 0 radical (unpaired) electrons. The number of hydrogen-bond acceptors (Lipinski definition) is 4. The molecule has 0 fully saturated rings. The minimum atomic E-state index is -0.130. The number of aliphatic hydroxyl groups excluding tert-OH is 1. The van der Waals surface area contributed by atoms with E-state index in [1.165, 1.54) is 6.33 Å². The van der Waals surface area contributed by atoms with Crippen molar-refractivity contribution in [2.24, 2.45) is 0 Å². The van der Waals surface area contributed by atoms with Crippen LogP contribution in [-0.2, 0) is 6.61 Å². The average molecular weight is 226 g/mol. The molecule has 2 heterocycles. The number of aromatic nitrogens is 2. The number of anilines is 1. The minimum Gasteiger partial charge on any atom is -0.391 e. The fourth-order valence-corrected chi connectivity index (χ4v) is 1.81. The average Bonchev–Trinajstić information content (AvgIpc) is 2.30. The van der Waals surface area contributed by atoms with E-state index in [1.54, 1.807) is 0 Å². The van der Waals surface area contributed by atoms with Crippen molar-refractivity contribution in [3.8, 4) is 0 Å². The highest BCUT2D eigenvalue weighted by atomic mass is 35.5. The summed E-state index contributed by atoms with van der Waals surface area (Å²) in [5, 5.41) is 9.55. The van der Waals surface area contributed by atoms with Gasteiger partial charge >= 0.3 is 0 Å². The number of hydrogen-bond donors (Lipinski definition) is 1. The van der Waals surface area contributed by atoms with Crippen LogP contribution in [0, 0.1) is 0 Å². The van der Waals surface area contributed by atoms with Gasteiger partial charge in [-0.05, 0) is 6.42 Å². The van der Waals surface area contributed by atoms with Gasteiger partial charge in [0.15, 0.2) is 0 Å². The molecule has 15 heavy (non-hydrogen) atoms. The standard InChI is InChI=1S/C10H12ClN3O/c11-9-8(6-15)10(13-7-12-9)14-4-2-1-3-5-14/h1-2,7,15H,3-6H2. The lowest BCUT2D eigenvalue weighted by molar-refractivity contribution is 0.281. The molecular weight excluding hydrogens is 214 g/mol. The smallest absolute Gasteiger partial charge is 0.140 e. The van der Waals surface area contributed by atoms with Gasteiger partial charge in [-0.25, -0.2) is 9.97 Å². The van der Waals surface area contributed by atoms with E-state index in [2.05, 4.69) is 27.0 Å². The zero-order valence-electron chi connectivity index (χ0n) is 8.23. The largest absolute Gasteiger partial charge is 0.391 e. The van der Waals surface area contributed by atoms with Gasteiger partial charge < -0.3 is 10.0 Å². The van der Waals surface area contributed by atoms with Crippen LogP contribution in [0.4, 0.5) is 5.82 Å². The second-order valence-corrected chi connectivity index (χ2v) is 3.69. The van der Waals surface area contributed by atoms with Crippen LogP contribution in [0.5, 0.6) is 0 Å². The molecule has 5 heteroatoms. The SMILES string of the molecule is OCc1c(Cl)ncnc1N1CC=CCC1. The summed E-state index contributed by atoms with van der Waals surface area (Å²) in [4.78, 5) is 10.1. The highest BCUT2D eigenvalue weighted by Gasteiger charge is 2.15. The summed E-state index contributed by atoms with van der Waals surface area (Å²) >= 11 is 5.89. The second kappa shape index (κ2) is 4.59. The molecule has 0 aromatic carbocycles. The van der Waals surface area contributed by atoms with Crippen LogP contribution in [0.15, 0.2) is 18.5 Å². The number of nitrogens with zero attached hydrogens (tertiary/aromatic N) is 3. The molecule has 0 atom stereocenters. The van der Waals surface area contributed by atoms with Gasteiger partial charge in [0.2, 0.25) is 0 Å². The Morgan fingerprint density at radius 1 is 1.40 bits per heavy atom. The Balaban J connectivity index is 2.34. The quantitative estimate of drug-likeness (QED) is 0.611. The molecule has 2 rings (SSSR count). The molecule has 1 aromatic rings. The maximum Gasteiger partial charge on any atom is 0.140 e. The summed E-state index contributed by atoms with van der Waals surface area (Å²) in [6, 6.07) is 0. The molecule has 0 spiro atoms. The van der Waals surface area contributed by atoms with E-state index in [1.807, 2.05) is 0 Å². The van der Waals surface area contributed by atoms with Gasteiger partial charge in [0.1, 0.15) is 17.3 Å². The first-order valence-corrected chi connectivity index (χ1v) is 5.21. The zero-order chi connectivity index (χ0) is 10.7. The van der Waals surface area contributed by atoms with E-state index >= 15 is 0 Å². The van der Waals surface area contributed by atoms with Crippen molar-refractivity contribution in [2.45, 2.75) is 13.0 Å². The molecule has 4 nitrogen and oxygen atoms in total. The molecule has 0 amide bonds. The van der Waals surface area contributed by atoms with E-state index in [-0.39, 0.29) is 6.61 Å². The van der Waals surface area contributed by atoms with Gasteiger partial charge in [0, 0.05) is 13.1 Å². The normalized spacial score (nSPS) is 15.7. The van der Waals surface area contributed by atoms with Gasteiger partial charge in [-0.3, -0.25) is 0 Å². The summed E-state index contributed by atoms with van der Waals surface area (Å²) in [5.41, 5.74) is 0.606. The predicted octanol–water partition coefficient (Wildman–Crippen LogP) is 1.39. The highest BCUT2D eigenvalue weighted by molar-refractivity contribution is 6.30. The first-order chi connectivity index (χ1) is 7.33. The van der Waals surface area contributed by atoms with Crippen molar-refractivity contribution in [3.05, 3.63) is 29.2 Å². The molecule has 1 aliphatic heterocycles. The van der Waals surface area contributed by atoms with Crippen molar-refractivity contribution >= 4 is 17.4 Å². The van der Waals surface area contributed by atoms with Gasteiger partial charge in [0.05, 0.1) is 12.2 Å². The Morgan fingerprint density at radius 3 is 2.93 bits per heavy atom. The second-order valence-electron chi connectivity index (χ2n) is 3.33. The van der Waals surface area contributed by atoms with Crippen molar-refractivity contribution in [3.63, 3.8) is 0 Å². The summed E-state index contributed by atoms with van der Waals surface area (Å²) in [6.07, 6.45) is 6.64. The predicted molar refractivity (Wildman–Crippen MR) is 58.9 cm³/mol. The van der Waals surface area contributed by atoms with E-state index in [4.69, 9.17) is 11.6 Å². The van der Waals surface area contributed by atoms with Crippen LogP contribution in [0.3, 0.4) is 0 Å². The Hall–Kier alpha value is -1.13. The molecule has 0 aliphatic carbocycles. The first kappa shape index (κ1) is 10.4. The molecule has 0 bridgehead atoms. The van der Waals surface area contributed by atoms with Crippen LogP contribution < -0.4 is 4.90 Å². The van der Waals surface area contributed by atoms with Gasteiger partial charge in [0.25, 0.3) is 0 Å². The third-order valence-corrected chi connectivity index (χ3v) is 2.71. The molecular formula is C10H12ClN3O. The third-order valence-electron chi connectivity index (χ3n) is 2.39. The maximum absolute atomic E-state index is 9.22. The topological polar surface area (TPSA) is 49.3 Å². The van der Waals surface area contributed by atoms with E-state index in [0.717, 1.165) is 25.3 Å². The van der Waals surface area contributed by atoms with Crippen molar-refractivity contribution in [2.75, 3.05) is 18.0 Å². The summed E-state index contributed by atoms with van der Waals surface area (Å²) < 4.78 is 0. The molecule has 1 aliphatic rings. The number of aliphatic hydroxyl groups is 1. The molecule has 1 N–H and O–H groups in total. The lowest BCUT2D eigenvalue weighted by Gasteiger charge is -2.26. The van der Waals surface area contributed by atoms with Crippen molar-refractivity contribution in [1.29, 1.82) is 0 Å². The summed E-state index contributed by atoms with van der Waals surface area (Å²) in [5.74, 6) is 0.738. The number of rotatable bonds is 2. The fraction of sp³-hybridized carbons (Fsp3) is 0.400. The molecule has 80 valence electrons. The first-order valence-electron chi connectivity index (χ1n) is 4.83. The Labute approximate surface area is 93.2 Å². The van der Waals surface area contributed by atoms with Gasteiger partial charge in [-0.2, -0.15) is 0 Å². The molecule has 0 saturated heterocycles. The summed E-state index contributed by atoms with van der Waals surface area (Å²) in [7, 11) is 0. The Kier molecular flexibility index (Phi) is 3.18. The van der Waals surface area contributed by atoms with Crippen LogP contribution in [0.2, 0.25) is 5.15 Å². The van der Waals surface area contributed by atoms with Crippen LogP contribution in [0.1, 0.15) is 12.0 Å². The van der Waals surface area contributed by atoms with Crippen LogP contribution >= 0.6 is 11.6 Å².